The molecule has 1 fully saturated rings. The van der Waals surface area contributed by atoms with E-state index >= 15 is 0 Å². The topological polar surface area (TPSA) is 68.2 Å². The average Bonchev–Trinajstić information content (AvgIpc) is 2.81. The van der Waals surface area contributed by atoms with Crippen molar-refractivity contribution in [1.82, 2.24) is 15.0 Å². The highest BCUT2D eigenvalue weighted by Gasteiger charge is 2.26. The maximum Gasteiger partial charge on any atom is 0.231 e. The lowest BCUT2D eigenvalue weighted by atomic mass is 10.1. The van der Waals surface area contributed by atoms with Crippen LogP contribution < -0.4 is 5.73 Å². The molecular weight excluding hydrogens is 236 g/mol. The summed E-state index contributed by atoms with van der Waals surface area (Å²) in [6, 6.07) is 0.279. The van der Waals surface area contributed by atoms with E-state index in [9.17, 15) is 0 Å². The number of rotatable bonds is 4. The van der Waals surface area contributed by atoms with Crippen LogP contribution in [-0.2, 0) is 0 Å². The lowest BCUT2D eigenvalue weighted by Crippen LogP contribution is -2.33. The lowest BCUT2D eigenvalue weighted by molar-refractivity contribution is 0.256. The van der Waals surface area contributed by atoms with Crippen LogP contribution in [0.4, 0.5) is 0 Å². The van der Waals surface area contributed by atoms with E-state index in [0.717, 1.165) is 24.5 Å². The van der Waals surface area contributed by atoms with E-state index in [-0.39, 0.29) is 12.0 Å². The van der Waals surface area contributed by atoms with E-state index in [4.69, 9.17) is 10.3 Å². The summed E-state index contributed by atoms with van der Waals surface area (Å²) in [6.45, 7) is 3.73. The smallest absolute Gasteiger partial charge is 0.231 e. The summed E-state index contributed by atoms with van der Waals surface area (Å²) in [7, 11) is 2.11. The first kappa shape index (κ1) is 12.9. The predicted molar refractivity (Wildman–Crippen MR) is 69.1 cm³/mol. The molecule has 0 amide bonds. The fourth-order valence-electron chi connectivity index (χ4n) is 1.95. The van der Waals surface area contributed by atoms with Crippen LogP contribution in [0, 0.1) is 0 Å². The third kappa shape index (κ3) is 2.81. The molecule has 0 spiro atoms. The van der Waals surface area contributed by atoms with Crippen LogP contribution in [0.25, 0.3) is 0 Å². The number of nitrogens with zero attached hydrogens (tertiary/aromatic N) is 3. The van der Waals surface area contributed by atoms with Gasteiger partial charge in [-0.2, -0.15) is 16.7 Å². The van der Waals surface area contributed by atoms with Crippen molar-refractivity contribution in [3.8, 4) is 0 Å². The fraction of sp³-hybridized carbons (Fsp3) is 0.818. The van der Waals surface area contributed by atoms with Crippen LogP contribution in [0.15, 0.2) is 4.52 Å². The van der Waals surface area contributed by atoms with Gasteiger partial charge >= 0.3 is 0 Å². The minimum Gasteiger partial charge on any atom is -0.339 e. The summed E-state index contributed by atoms with van der Waals surface area (Å²) in [5.41, 5.74) is 5.69. The van der Waals surface area contributed by atoms with Gasteiger partial charge in [0.25, 0.3) is 0 Å². The van der Waals surface area contributed by atoms with Gasteiger partial charge in [-0.25, -0.2) is 0 Å². The van der Waals surface area contributed by atoms with Crippen molar-refractivity contribution in [3.63, 3.8) is 0 Å². The number of nitrogens with two attached hydrogens (primary N) is 1. The van der Waals surface area contributed by atoms with Crippen LogP contribution in [0.1, 0.15) is 37.0 Å². The summed E-state index contributed by atoms with van der Waals surface area (Å²) in [5, 5.41) is 4.11. The maximum atomic E-state index is 5.69. The van der Waals surface area contributed by atoms with Crippen LogP contribution >= 0.6 is 11.8 Å². The summed E-state index contributed by atoms with van der Waals surface area (Å²) in [4.78, 5) is 6.80. The average molecular weight is 256 g/mol. The van der Waals surface area contributed by atoms with Gasteiger partial charge in [-0.1, -0.05) is 12.1 Å². The van der Waals surface area contributed by atoms with E-state index < -0.39 is 0 Å². The molecule has 0 radical (unpaired) electrons. The minimum absolute atomic E-state index is 0.192. The molecule has 2 rings (SSSR count). The summed E-state index contributed by atoms with van der Waals surface area (Å²) in [5.74, 6) is 3.90. The Bertz CT molecular complexity index is 353. The van der Waals surface area contributed by atoms with Gasteiger partial charge in [-0.15, -0.1) is 0 Å². The van der Waals surface area contributed by atoms with E-state index in [1.54, 1.807) is 0 Å². The molecule has 2 N–H and O–H groups in total. The molecule has 2 heterocycles. The van der Waals surface area contributed by atoms with Crippen molar-refractivity contribution in [2.24, 2.45) is 5.73 Å². The van der Waals surface area contributed by atoms with Gasteiger partial charge in [-0.05, 0) is 13.5 Å². The monoisotopic (exact) mass is 256 g/mol. The molecule has 2 unspecified atom stereocenters. The number of hydrogen-bond donors (Lipinski definition) is 1. The van der Waals surface area contributed by atoms with Gasteiger partial charge in [-0.3, -0.25) is 4.90 Å². The third-order valence-electron chi connectivity index (χ3n) is 3.28. The van der Waals surface area contributed by atoms with Crippen LogP contribution in [-0.4, -0.2) is 46.7 Å². The SMILES string of the molecule is CCC(CN)c1nc(C2CSCCN2C)no1. The Morgan fingerprint density at radius 3 is 3.12 bits per heavy atom. The van der Waals surface area contributed by atoms with Gasteiger partial charge < -0.3 is 10.3 Å². The van der Waals surface area contributed by atoms with E-state index in [2.05, 4.69) is 29.0 Å². The Balaban J connectivity index is 2.11. The van der Waals surface area contributed by atoms with Crippen molar-refractivity contribution < 1.29 is 4.52 Å². The molecule has 0 aliphatic carbocycles. The maximum absolute atomic E-state index is 5.69. The van der Waals surface area contributed by atoms with E-state index in [1.807, 2.05) is 11.8 Å². The van der Waals surface area contributed by atoms with E-state index in [0.29, 0.717) is 12.4 Å². The molecule has 0 saturated carbocycles. The van der Waals surface area contributed by atoms with Gasteiger partial charge in [0, 0.05) is 24.6 Å². The van der Waals surface area contributed by atoms with Gasteiger partial charge in [0.1, 0.15) is 0 Å². The summed E-state index contributed by atoms with van der Waals surface area (Å²) < 4.78 is 5.33. The van der Waals surface area contributed by atoms with E-state index in [1.165, 1.54) is 5.75 Å². The molecule has 1 aliphatic heterocycles. The van der Waals surface area contributed by atoms with Crippen molar-refractivity contribution in [2.45, 2.75) is 25.3 Å². The molecular formula is C11H20N4OS. The standard InChI is InChI=1S/C11H20N4OS/c1-3-8(6-12)11-13-10(14-16-11)9-7-17-5-4-15(9)2/h8-9H,3-7,12H2,1-2H3. The molecule has 5 nitrogen and oxygen atoms in total. The Labute approximate surface area is 106 Å². The third-order valence-corrected chi connectivity index (χ3v) is 4.30. The number of aromatic nitrogens is 2. The Hall–Kier alpha value is -0.590. The first-order valence-electron chi connectivity index (χ1n) is 6.07. The molecule has 1 aliphatic rings. The van der Waals surface area contributed by atoms with Crippen LogP contribution in [0.3, 0.4) is 0 Å². The van der Waals surface area contributed by atoms with Crippen molar-refractivity contribution >= 4 is 11.8 Å². The van der Waals surface area contributed by atoms with Gasteiger partial charge in [0.05, 0.1) is 12.0 Å². The normalized spacial score (nSPS) is 23.8. The summed E-state index contributed by atoms with van der Waals surface area (Å²) in [6.07, 6.45) is 0.938. The molecule has 2 atom stereocenters. The van der Waals surface area contributed by atoms with Crippen molar-refractivity contribution in [3.05, 3.63) is 11.7 Å². The molecule has 6 heteroatoms. The summed E-state index contributed by atoms with van der Waals surface area (Å²) >= 11 is 1.94. The lowest BCUT2D eigenvalue weighted by Gasteiger charge is -2.29. The Kier molecular flexibility index (Phi) is 4.42. The van der Waals surface area contributed by atoms with Gasteiger partial charge in [0.15, 0.2) is 5.82 Å². The molecule has 17 heavy (non-hydrogen) atoms. The second-order valence-electron chi connectivity index (χ2n) is 4.40. The molecule has 1 aromatic rings. The first-order valence-corrected chi connectivity index (χ1v) is 7.23. The second kappa shape index (κ2) is 5.84. The highest BCUT2D eigenvalue weighted by Crippen LogP contribution is 2.27. The zero-order valence-electron chi connectivity index (χ0n) is 10.4. The second-order valence-corrected chi connectivity index (χ2v) is 5.55. The van der Waals surface area contributed by atoms with Crippen LogP contribution in [0.2, 0.25) is 0 Å². The molecule has 0 aromatic carbocycles. The van der Waals surface area contributed by atoms with Gasteiger partial charge in [0.2, 0.25) is 5.89 Å². The van der Waals surface area contributed by atoms with Crippen molar-refractivity contribution in [1.29, 1.82) is 0 Å². The largest absolute Gasteiger partial charge is 0.339 e. The highest BCUT2D eigenvalue weighted by molar-refractivity contribution is 7.99. The molecule has 1 saturated heterocycles. The number of hydrogen-bond acceptors (Lipinski definition) is 6. The fourth-order valence-corrected chi connectivity index (χ4v) is 3.16. The quantitative estimate of drug-likeness (QED) is 0.874. The molecule has 0 bridgehead atoms. The predicted octanol–water partition coefficient (Wildman–Crippen LogP) is 1.24. The molecule has 96 valence electrons. The zero-order chi connectivity index (χ0) is 12.3. The highest BCUT2D eigenvalue weighted by atomic mass is 32.2. The molecule has 1 aromatic heterocycles. The minimum atomic E-state index is 0.192. The van der Waals surface area contributed by atoms with Crippen molar-refractivity contribution in [2.75, 3.05) is 31.6 Å². The first-order chi connectivity index (χ1) is 8.26. The number of thioether (sulfide) groups is 1. The zero-order valence-corrected chi connectivity index (χ0v) is 11.2. The Morgan fingerprint density at radius 1 is 1.65 bits per heavy atom. The van der Waals surface area contributed by atoms with Crippen LogP contribution in [0.5, 0.6) is 0 Å². The Morgan fingerprint density at radius 2 is 2.47 bits per heavy atom.